The number of nitrogens with zero attached hydrogens (tertiary/aromatic N) is 2. The fourth-order valence-electron chi connectivity index (χ4n) is 7.75. The van der Waals surface area contributed by atoms with Crippen LogP contribution in [0.2, 0.25) is 0 Å². The highest BCUT2D eigenvalue weighted by Gasteiger charge is 2.44. The molecule has 5 aromatic carbocycles. The molecular weight excluding hydrogens is 524 g/mol. The monoisotopic (exact) mass is 554 g/mol. The van der Waals surface area contributed by atoms with Crippen LogP contribution in [0.5, 0.6) is 0 Å². The number of hydrogen-bond acceptors (Lipinski definition) is 3. The van der Waals surface area contributed by atoms with Crippen LogP contribution in [0.1, 0.15) is 43.2 Å². The van der Waals surface area contributed by atoms with Crippen molar-refractivity contribution in [2.45, 2.75) is 37.5 Å². The lowest BCUT2D eigenvalue weighted by Gasteiger charge is -2.36. The van der Waals surface area contributed by atoms with Gasteiger partial charge < -0.3 is 4.42 Å². The molecule has 1 spiro atoms. The number of furan rings is 1. The van der Waals surface area contributed by atoms with Gasteiger partial charge in [-0.2, -0.15) is 0 Å². The molecular formula is C40H30N2O. The first-order chi connectivity index (χ1) is 21.3. The van der Waals surface area contributed by atoms with Gasteiger partial charge in [-0.3, -0.25) is 0 Å². The average Bonchev–Trinajstić information content (AvgIpc) is 3.59. The van der Waals surface area contributed by atoms with Crippen LogP contribution in [0.15, 0.2) is 126 Å². The second kappa shape index (κ2) is 9.50. The van der Waals surface area contributed by atoms with Crippen LogP contribution >= 0.6 is 0 Å². The Kier molecular flexibility index (Phi) is 5.43. The molecule has 206 valence electrons. The Bertz CT molecular complexity index is 2150. The van der Waals surface area contributed by atoms with Crippen LogP contribution in [0.3, 0.4) is 0 Å². The van der Waals surface area contributed by atoms with Crippen molar-refractivity contribution < 1.29 is 4.42 Å². The van der Waals surface area contributed by atoms with Crippen molar-refractivity contribution in [3.63, 3.8) is 0 Å². The molecule has 2 aliphatic rings. The van der Waals surface area contributed by atoms with E-state index in [-0.39, 0.29) is 5.41 Å². The lowest BCUT2D eigenvalue weighted by molar-refractivity contribution is 0.353. The third-order valence-electron chi connectivity index (χ3n) is 9.72. The number of fused-ring (bicyclic) bond motifs is 8. The van der Waals surface area contributed by atoms with Crippen LogP contribution in [0, 0.1) is 0 Å². The van der Waals surface area contributed by atoms with Gasteiger partial charge in [0.15, 0.2) is 11.4 Å². The molecule has 3 nitrogen and oxygen atoms in total. The van der Waals surface area contributed by atoms with Gasteiger partial charge in [0, 0.05) is 21.9 Å². The van der Waals surface area contributed by atoms with Crippen molar-refractivity contribution in [2.24, 2.45) is 0 Å². The van der Waals surface area contributed by atoms with Gasteiger partial charge in [0.05, 0.1) is 0 Å². The highest BCUT2D eigenvalue weighted by atomic mass is 16.3. The van der Waals surface area contributed by atoms with E-state index in [0.717, 1.165) is 38.9 Å². The molecule has 43 heavy (non-hydrogen) atoms. The van der Waals surface area contributed by atoms with Gasteiger partial charge >= 0.3 is 0 Å². The molecule has 0 unspecified atom stereocenters. The Morgan fingerprint density at radius 1 is 0.535 bits per heavy atom. The van der Waals surface area contributed by atoms with Gasteiger partial charge in [-0.15, -0.1) is 0 Å². The second-order valence-electron chi connectivity index (χ2n) is 12.0. The molecule has 0 amide bonds. The van der Waals surface area contributed by atoms with Crippen LogP contribution in [0.25, 0.3) is 67.0 Å². The number of benzene rings is 5. The van der Waals surface area contributed by atoms with E-state index in [9.17, 15) is 0 Å². The van der Waals surface area contributed by atoms with E-state index in [1.807, 2.05) is 36.4 Å². The fourth-order valence-corrected chi connectivity index (χ4v) is 7.75. The average molecular weight is 555 g/mol. The van der Waals surface area contributed by atoms with Crippen LogP contribution in [0.4, 0.5) is 0 Å². The number of aromatic nitrogens is 2. The normalized spacial score (nSPS) is 15.2. The highest BCUT2D eigenvalue weighted by molar-refractivity contribution is 6.07. The first-order valence-corrected chi connectivity index (χ1v) is 15.4. The predicted octanol–water partition coefficient (Wildman–Crippen LogP) is 10.6. The first kappa shape index (κ1) is 24.6. The molecule has 2 heterocycles. The summed E-state index contributed by atoms with van der Waals surface area (Å²) in [5.41, 5.74) is 13.8. The number of rotatable bonds is 3. The van der Waals surface area contributed by atoms with Gasteiger partial charge in [0.1, 0.15) is 16.8 Å². The highest BCUT2D eigenvalue weighted by Crippen LogP contribution is 2.57. The van der Waals surface area contributed by atoms with Crippen LogP contribution in [-0.2, 0) is 5.41 Å². The molecule has 0 atom stereocenters. The molecule has 0 N–H and O–H groups in total. The van der Waals surface area contributed by atoms with E-state index in [4.69, 9.17) is 14.4 Å². The maximum atomic E-state index is 6.30. The summed E-state index contributed by atoms with van der Waals surface area (Å²) in [5, 5.41) is 1.00. The Labute approximate surface area is 250 Å². The summed E-state index contributed by atoms with van der Waals surface area (Å²) < 4.78 is 6.30. The summed E-state index contributed by atoms with van der Waals surface area (Å²) in [6.45, 7) is 0. The maximum absolute atomic E-state index is 6.30. The summed E-state index contributed by atoms with van der Waals surface area (Å²) in [5.74, 6) is 0.703. The van der Waals surface area contributed by atoms with Gasteiger partial charge in [-0.05, 0) is 58.4 Å². The molecule has 0 aliphatic heterocycles. The van der Waals surface area contributed by atoms with E-state index in [2.05, 4.69) is 84.9 Å². The van der Waals surface area contributed by atoms with Gasteiger partial charge in [-0.25, -0.2) is 9.97 Å². The Morgan fingerprint density at radius 3 is 2.09 bits per heavy atom. The van der Waals surface area contributed by atoms with Crippen molar-refractivity contribution in [1.82, 2.24) is 9.97 Å². The second-order valence-corrected chi connectivity index (χ2v) is 12.0. The third-order valence-corrected chi connectivity index (χ3v) is 9.72. The summed E-state index contributed by atoms with van der Waals surface area (Å²) in [4.78, 5) is 10.1. The van der Waals surface area contributed by atoms with E-state index in [1.165, 1.54) is 65.5 Å². The Morgan fingerprint density at radius 2 is 1.23 bits per heavy atom. The van der Waals surface area contributed by atoms with Crippen LogP contribution < -0.4 is 0 Å². The SMILES string of the molecule is c1ccc(-c2nc(-c3ccc(-c4cccc5c4-c4ccccc4C54CCCCC4)cc3)nc3c2oc2ccccc23)cc1. The number of para-hydroxylation sites is 1. The number of hydrogen-bond donors (Lipinski definition) is 0. The van der Waals surface area contributed by atoms with E-state index in [0.29, 0.717) is 5.82 Å². The standard InChI is InChI=1S/C40H30N2O/c1-3-12-27(13-4-1)36-38-37(31-15-6-8-19-34(31)43-38)42-39(41-36)28-22-20-26(21-23-28)29-16-11-18-33-35(29)30-14-5-7-17-32(30)40(33)24-9-2-10-25-40/h1,3-8,11-23H,2,9-10,24-25H2. The molecule has 0 radical (unpaired) electrons. The molecule has 0 saturated heterocycles. The Hall–Kier alpha value is -5.02. The first-order valence-electron chi connectivity index (χ1n) is 15.4. The molecule has 1 fully saturated rings. The smallest absolute Gasteiger partial charge is 0.180 e. The summed E-state index contributed by atoms with van der Waals surface area (Å²) in [6, 6.07) is 43.2. The summed E-state index contributed by atoms with van der Waals surface area (Å²) >= 11 is 0. The molecule has 0 bridgehead atoms. The zero-order chi connectivity index (χ0) is 28.4. The predicted molar refractivity (Wildman–Crippen MR) is 175 cm³/mol. The zero-order valence-electron chi connectivity index (χ0n) is 23.9. The van der Waals surface area contributed by atoms with Crippen molar-refractivity contribution in [2.75, 3.05) is 0 Å². The zero-order valence-corrected chi connectivity index (χ0v) is 23.9. The summed E-state index contributed by atoms with van der Waals surface area (Å²) in [7, 11) is 0. The van der Waals surface area contributed by atoms with Gasteiger partial charge in [0.2, 0.25) is 0 Å². The largest absolute Gasteiger partial charge is 0.452 e. The lowest BCUT2D eigenvalue weighted by Crippen LogP contribution is -2.27. The maximum Gasteiger partial charge on any atom is 0.180 e. The minimum Gasteiger partial charge on any atom is -0.452 e. The van der Waals surface area contributed by atoms with Gasteiger partial charge in [-0.1, -0.05) is 128 Å². The quantitative estimate of drug-likeness (QED) is 0.218. The molecule has 2 aromatic heterocycles. The lowest BCUT2D eigenvalue weighted by atomic mass is 9.68. The van der Waals surface area contributed by atoms with Crippen LogP contribution in [-0.4, -0.2) is 9.97 Å². The van der Waals surface area contributed by atoms with Crippen molar-refractivity contribution >= 4 is 22.1 Å². The topological polar surface area (TPSA) is 38.9 Å². The molecule has 9 rings (SSSR count). The molecule has 1 saturated carbocycles. The Balaban J connectivity index is 1.19. The van der Waals surface area contributed by atoms with E-state index >= 15 is 0 Å². The summed E-state index contributed by atoms with van der Waals surface area (Å²) in [6.07, 6.45) is 6.42. The molecule has 3 heteroatoms. The molecule has 7 aromatic rings. The molecule has 2 aliphatic carbocycles. The van der Waals surface area contributed by atoms with Crippen molar-refractivity contribution in [3.05, 3.63) is 132 Å². The van der Waals surface area contributed by atoms with E-state index in [1.54, 1.807) is 0 Å². The van der Waals surface area contributed by atoms with Crippen molar-refractivity contribution in [3.8, 4) is 44.9 Å². The minimum atomic E-state index is 0.157. The minimum absolute atomic E-state index is 0.157. The van der Waals surface area contributed by atoms with E-state index < -0.39 is 0 Å². The third kappa shape index (κ3) is 3.67. The fraction of sp³-hybridized carbons (Fsp3) is 0.150. The van der Waals surface area contributed by atoms with Crippen molar-refractivity contribution in [1.29, 1.82) is 0 Å². The van der Waals surface area contributed by atoms with Gasteiger partial charge in [0.25, 0.3) is 0 Å².